The topological polar surface area (TPSA) is 58.6 Å². The van der Waals surface area contributed by atoms with Crippen LogP contribution in [0.2, 0.25) is 0 Å². The van der Waals surface area contributed by atoms with Gasteiger partial charge in [0.15, 0.2) is 0 Å². The van der Waals surface area contributed by atoms with Crippen LogP contribution < -0.4 is 5.32 Å². The van der Waals surface area contributed by atoms with Crippen molar-refractivity contribution in [3.8, 4) is 0 Å². The Morgan fingerprint density at radius 1 is 1.62 bits per heavy atom. The molecular weight excluding hydrogens is 194 g/mol. The van der Waals surface area contributed by atoms with Gasteiger partial charge in [-0.25, -0.2) is 4.79 Å². The zero-order valence-corrected chi connectivity index (χ0v) is 8.89. The third-order valence-electron chi connectivity index (χ3n) is 1.06. The summed E-state index contributed by atoms with van der Waals surface area (Å²) in [6.07, 6.45) is -1.34. The van der Waals surface area contributed by atoms with Gasteiger partial charge in [0.1, 0.15) is 12.7 Å². The molecule has 0 bridgehead atoms. The van der Waals surface area contributed by atoms with E-state index in [1.54, 1.807) is 0 Å². The number of hydrogen-bond acceptors (Lipinski definition) is 3. The van der Waals surface area contributed by atoms with Gasteiger partial charge in [0.2, 0.25) is 0 Å². The molecule has 4 nitrogen and oxygen atoms in total. The van der Waals surface area contributed by atoms with Crippen LogP contribution in [0.4, 0.5) is 4.79 Å². The maximum Gasteiger partial charge on any atom is 0.407 e. The molecule has 0 aliphatic carbocycles. The van der Waals surface area contributed by atoms with Gasteiger partial charge in [0.25, 0.3) is 0 Å². The van der Waals surface area contributed by atoms with E-state index < -0.39 is 12.2 Å². The maximum absolute atomic E-state index is 11.0. The molecule has 1 atom stereocenters. The van der Waals surface area contributed by atoms with Gasteiger partial charge in [0, 0.05) is 5.54 Å². The molecular formula is C8H16ClNO3. The summed E-state index contributed by atoms with van der Waals surface area (Å²) in [5.41, 5.74) is -0.330. The summed E-state index contributed by atoms with van der Waals surface area (Å²) in [7, 11) is 0. The molecule has 0 radical (unpaired) electrons. The van der Waals surface area contributed by atoms with Crippen LogP contribution in [0.25, 0.3) is 0 Å². The fourth-order valence-electron chi connectivity index (χ4n) is 0.559. The van der Waals surface area contributed by atoms with E-state index in [9.17, 15) is 4.79 Å². The van der Waals surface area contributed by atoms with E-state index in [4.69, 9.17) is 16.7 Å². The molecule has 0 aromatic rings. The third kappa shape index (κ3) is 7.87. The van der Waals surface area contributed by atoms with Crippen molar-refractivity contribution in [2.45, 2.75) is 32.4 Å². The van der Waals surface area contributed by atoms with E-state index in [2.05, 4.69) is 10.1 Å². The first-order valence-electron chi connectivity index (χ1n) is 4.04. The molecule has 0 spiro atoms. The van der Waals surface area contributed by atoms with Gasteiger partial charge in [0.05, 0.1) is 5.88 Å². The van der Waals surface area contributed by atoms with Crippen molar-refractivity contribution >= 4 is 17.7 Å². The van der Waals surface area contributed by atoms with Crippen molar-refractivity contribution in [3.63, 3.8) is 0 Å². The minimum Gasteiger partial charge on any atom is -0.447 e. The molecule has 13 heavy (non-hydrogen) atoms. The van der Waals surface area contributed by atoms with E-state index in [0.29, 0.717) is 0 Å². The highest BCUT2D eigenvalue weighted by molar-refractivity contribution is 6.18. The van der Waals surface area contributed by atoms with E-state index in [0.717, 1.165) is 0 Å². The lowest BCUT2D eigenvalue weighted by Gasteiger charge is -2.20. The molecule has 1 unspecified atom stereocenters. The summed E-state index contributed by atoms with van der Waals surface area (Å²) in [4.78, 5) is 11.0. The first-order chi connectivity index (χ1) is 5.85. The van der Waals surface area contributed by atoms with Crippen LogP contribution in [0, 0.1) is 0 Å². The quantitative estimate of drug-likeness (QED) is 0.685. The molecule has 2 N–H and O–H groups in total. The Morgan fingerprint density at radius 2 is 2.15 bits per heavy atom. The normalized spacial score (nSPS) is 13.6. The number of ether oxygens (including phenoxy) is 1. The number of amides is 1. The average Bonchev–Trinajstić information content (AvgIpc) is 1.97. The van der Waals surface area contributed by atoms with Crippen LogP contribution in [0.3, 0.4) is 0 Å². The smallest absolute Gasteiger partial charge is 0.407 e. The minimum absolute atomic E-state index is 0.0583. The molecule has 0 fully saturated rings. The summed E-state index contributed by atoms with van der Waals surface area (Å²) >= 11 is 5.31. The highest BCUT2D eigenvalue weighted by Gasteiger charge is 2.15. The van der Waals surface area contributed by atoms with Crippen LogP contribution >= 0.6 is 11.6 Å². The number of aliphatic hydroxyl groups is 1. The molecule has 0 aliphatic heterocycles. The van der Waals surface area contributed by atoms with Gasteiger partial charge in [-0.15, -0.1) is 11.6 Å². The SMILES string of the molecule is CC(C)(C)NC(=O)OCC(O)CCl. The number of hydrogen-bond donors (Lipinski definition) is 2. The van der Waals surface area contributed by atoms with Crippen molar-refractivity contribution in [1.29, 1.82) is 0 Å². The number of carbonyl (C=O) groups is 1. The average molecular weight is 210 g/mol. The maximum atomic E-state index is 11.0. The first kappa shape index (κ1) is 12.5. The van der Waals surface area contributed by atoms with Crippen LogP contribution in [-0.2, 0) is 4.74 Å². The Kier molecular flexibility index (Phi) is 5.10. The van der Waals surface area contributed by atoms with Crippen molar-refractivity contribution in [3.05, 3.63) is 0 Å². The van der Waals surface area contributed by atoms with Gasteiger partial charge in [-0.2, -0.15) is 0 Å². The Morgan fingerprint density at radius 3 is 2.54 bits per heavy atom. The van der Waals surface area contributed by atoms with Crippen LogP contribution in [0.1, 0.15) is 20.8 Å². The zero-order chi connectivity index (χ0) is 10.5. The molecule has 78 valence electrons. The third-order valence-corrected chi connectivity index (χ3v) is 1.42. The van der Waals surface area contributed by atoms with Gasteiger partial charge < -0.3 is 15.2 Å². The fraction of sp³-hybridized carbons (Fsp3) is 0.875. The van der Waals surface area contributed by atoms with Crippen molar-refractivity contribution in [1.82, 2.24) is 5.32 Å². The summed E-state index contributed by atoms with van der Waals surface area (Å²) in [6, 6.07) is 0. The minimum atomic E-state index is -0.799. The van der Waals surface area contributed by atoms with Crippen LogP contribution in [0.5, 0.6) is 0 Å². The van der Waals surface area contributed by atoms with Crippen LogP contribution in [-0.4, -0.2) is 35.3 Å². The standard InChI is InChI=1S/C8H16ClNO3/c1-8(2,3)10-7(12)13-5-6(11)4-9/h6,11H,4-5H2,1-3H3,(H,10,12). The zero-order valence-electron chi connectivity index (χ0n) is 8.13. The molecule has 0 saturated carbocycles. The molecule has 1 amide bonds. The summed E-state index contributed by atoms with van der Waals surface area (Å²) < 4.78 is 4.69. The molecule has 5 heteroatoms. The van der Waals surface area contributed by atoms with Crippen molar-refractivity contribution in [2.75, 3.05) is 12.5 Å². The van der Waals surface area contributed by atoms with E-state index in [1.807, 2.05) is 20.8 Å². The molecule has 0 aromatic carbocycles. The van der Waals surface area contributed by atoms with Crippen molar-refractivity contribution < 1.29 is 14.6 Å². The van der Waals surface area contributed by atoms with Crippen molar-refractivity contribution in [2.24, 2.45) is 0 Å². The number of halogens is 1. The number of nitrogens with one attached hydrogen (secondary N) is 1. The Bertz CT molecular complexity index is 167. The lowest BCUT2D eigenvalue weighted by Crippen LogP contribution is -2.41. The predicted octanol–water partition coefficient (Wildman–Crippen LogP) is 1.11. The van der Waals surface area contributed by atoms with Gasteiger partial charge in [-0.05, 0) is 20.8 Å². The van der Waals surface area contributed by atoms with E-state index in [-0.39, 0.29) is 18.0 Å². The summed E-state index contributed by atoms with van der Waals surface area (Å²) in [5.74, 6) is 0.0583. The highest BCUT2D eigenvalue weighted by atomic mass is 35.5. The molecule has 0 heterocycles. The Hall–Kier alpha value is -0.480. The summed E-state index contributed by atoms with van der Waals surface area (Å²) in [6.45, 7) is 5.44. The molecule has 0 aromatic heterocycles. The van der Waals surface area contributed by atoms with E-state index >= 15 is 0 Å². The number of alkyl halides is 1. The largest absolute Gasteiger partial charge is 0.447 e. The second-order valence-electron chi connectivity index (χ2n) is 3.78. The van der Waals surface area contributed by atoms with E-state index in [1.165, 1.54) is 0 Å². The number of carbonyl (C=O) groups excluding carboxylic acids is 1. The fourth-order valence-corrected chi connectivity index (χ4v) is 0.648. The molecule has 0 rings (SSSR count). The second kappa shape index (κ2) is 5.29. The van der Waals surface area contributed by atoms with Gasteiger partial charge in [-0.1, -0.05) is 0 Å². The number of alkyl carbamates (subject to hydrolysis) is 1. The highest BCUT2D eigenvalue weighted by Crippen LogP contribution is 1.99. The monoisotopic (exact) mass is 209 g/mol. The Balaban J connectivity index is 3.64. The predicted molar refractivity (Wildman–Crippen MR) is 51.0 cm³/mol. The van der Waals surface area contributed by atoms with Gasteiger partial charge >= 0.3 is 6.09 Å². The van der Waals surface area contributed by atoms with Gasteiger partial charge in [-0.3, -0.25) is 0 Å². The van der Waals surface area contributed by atoms with Crippen LogP contribution in [0.15, 0.2) is 0 Å². The molecule has 0 saturated heterocycles. The second-order valence-corrected chi connectivity index (χ2v) is 4.09. The lowest BCUT2D eigenvalue weighted by molar-refractivity contribution is 0.0758. The lowest BCUT2D eigenvalue weighted by atomic mass is 10.1. The summed E-state index contributed by atoms with van der Waals surface area (Å²) in [5, 5.41) is 11.6. The molecule has 0 aliphatic rings. The number of rotatable bonds is 3. The Labute approximate surface area is 83.2 Å². The number of aliphatic hydroxyl groups excluding tert-OH is 1. The first-order valence-corrected chi connectivity index (χ1v) is 4.57.